The fraction of sp³-hybridized carbons (Fsp3) is 0.917. The Kier molecular flexibility index (Phi) is 4.38. The average molecular weight is 258 g/mol. The first kappa shape index (κ1) is 14.7. The van der Waals surface area contributed by atoms with Crippen LogP contribution < -0.4 is 11.3 Å². The van der Waals surface area contributed by atoms with E-state index in [9.17, 15) is 4.79 Å². The van der Waals surface area contributed by atoms with Crippen molar-refractivity contribution in [1.29, 1.82) is 0 Å². The molecule has 1 aliphatic carbocycles. The number of carbonyl (C=O) groups is 1. The SMILES string of the molecule is CC(C)(C)[Si](C)(C)OCC[C@H]1C[C@@H]1C(=O)NN. The van der Waals surface area contributed by atoms with Crippen molar-refractivity contribution < 1.29 is 9.22 Å². The number of carbonyl (C=O) groups excluding carboxylic acids is 1. The maximum atomic E-state index is 11.2. The Balaban J connectivity index is 2.24. The second kappa shape index (κ2) is 5.08. The molecule has 0 heterocycles. The molecule has 1 fully saturated rings. The third kappa shape index (κ3) is 3.79. The largest absolute Gasteiger partial charge is 0.417 e. The summed E-state index contributed by atoms with van der Waals surface area (Å²) in [5.74, 6) is 5.68. The lowest BCUT2D eigenvalue weighted by Gasteiger charge is -2.36. The zero-order valence-corrected chi connectivity index (χ0v) is 12.7. The van der Waals surface area contributed by atoms with E-state index in [0.717, 1.165) is 19.4 Å². The van der Waals surface area contributed by atoms with Gasteiger partial charge >= 0.3 is 0 Å². The Hall–Kier alpha value is -0.393. The standard InChI is InChI=1S/C12H26N2O2Si/c1-12(2,3)17(4,5)16-7-6-9-8-10(9)11(15)14-13/h9-10H,6-8,13H2,1-5H3,(H,14,15)/t9-,10-/m0/s1. The maximum absolute atomic E-state index is 11.2. The number of rotatable bonds is 5. The molecule has 0 aromatic heterocycles. The molecule has 0 spiro atoms. The highest BCUT2D eigenvalue weighted by atomic mass is 28.4. The predicted octanol–water partition coefficient (Wildman–Crippen LogP) is 2.02. The Labute approximate surface area is 105 Å². The number of hydrogen-bond acceptors (Lipinski definition) is 3. The molecule has 1 aliphatic rings. The minimum atomic E-state index is -1.63. The van der Waals surface area contributed by atoms with Crippen molar-refractivity contribution in [3.05, 3.63) is 0 Å². The van der Waals surface area contributed by atoms with Crippen LogP contribution in [-0.4, -0.2) is 20.8 Å². The van der Waals surface area contributed by atoms with Crippen LogP contribution in [0, 0.1) is 11.8 Å². The summed E-state index contributed by atoms with van der Waals surface area (Å²) in [5.41, 5.74) is 2.22. The fourth-order valence-corrected chi connectivity index (χ4v) is 2.74. The van der Waals surface area contributed by atoms with Gasteiger partial charge < -0.3 is 4.43 Å². The van der Waals surface area contributed by atoms with Crippen LogP contribution >= 0.6 is 0 Å². The minimum absolute atomic E-state index is 0.0256. The van der Waals surface area contributed by atoms with Crippen LogP contribution in [0.1, 0.15) is 33.6 Å². The molecule has 4 nitrogen and oxygen atoms in total. The molecule has 5 heteroatoms. The number of hydrazine groups is 1. The van der Waals surface area contributed by atoms with Crippen LogP contribution in [0.4, 0.5) is 0 Å². The molecule has 1 saturated carbocycles. The van der Waals surface area contributed by atoms with Crippen molar-refractivity contribution in [3.8, 4) is 0 Å². The van der Waals surface area contributed by atoms with Gasteiger partial charge in [0.05, 0.1) is 0 Å². The summed E-state index contributed by atoms with van der Waals surface area (Å²) in [6, 6.07) is 0. The van der Waals surface area contributed by atoms with Gasteiger partial charge in [-0.3, -0.25) is 10.2 Å². The summed E-state index contributed by atoms with van der Waals surface area (Å²) >= 11 is 0. The van der Waals surface area contributed by atoms with Crippen LogP contribution in [0.3, 0.4) is 0 Å². The smallest absolute Gasteiger partial charge is 0.237 e. The van der Waals surface area contributed by atoms with Crippen LogP contribution in [0.2, 0.25) is 18.1 Å². The molecule has 100 valence electrons. The zero-order valence-electron chi connectivity index (χ0n) is 11.7. The van der Waals surface area contributed by atoms with Crippen molar-refractivity contribution in [2.24, 2.45) is 17.7 Å². The van der Waals surface area contributed by atoms with E-state index in [1.54, 1.807) is 0 Å². The predicted molar refractivity (Wildman–Crippen MR) is 71.7 cm³/mol. The first-order valence-corrected chi connectivity index (χ1v) is 9.24. The van der Waals surface area contributed by atoms with Gasteiger partial charge in [-0.25, -0.2) is 5.84 Å². The zero-order chi connectivity index (χ0) is 13.3. The number of nitrogens with two attached hydrogens (primary N) is 1. The number of hydrogen-bond donors (Lipinski definition) is 2. The molecule has 0 aromatic rings. The Bertz CT molecular complexity index is 287. The molecular weight excluding hydrogens is 232 g/mol. The fourth-order valence-electron chi connectivity index (χ4n) is 1.68. The highest BCUT2D eigenvalue weighted by molar-refractivity contribution is 6.74. The van der Waals surface area contributed by atoms with E-state index >= 15 is 0 Å². The van der Waals surface area contributed by atoms with Gasteiger partial charge in [-0.15, -0.1) is 0 Å². The molecular formula is C12H26N2O2Si. The van der Waals surface area contributed by atoms with Crippen molar-refractivity contribution in [1.82, 2.24) is 5.43 Å². The maximum Gasteiger partial charge on any atom is 0.237 e. The van der Waals surface area contributed by atoms with E-state index < -0.39 is 8.32 Å². The monoisotopic (exact) mass is 258 g/mol. The number of amides is 1. The Morgan fingerprint density at radius 1 is 1.47 bits per heavy atom. The van der Waals surface area contributed by atoms with Gasteiger partial charge in [-0.05, 0) is 36.9 Å². The van der Waals surface area contributed by atoms with Gasteiger partial charge in [0.15, 0.2) is 8.32 Å². The summed E-state index contributed by atoms with van der Waals surface area (Å²) in [6.07, 6.45) is 1.94. The molecule has 0 saturated heterocycles. The van der Waals surface area contributed by atoms with E-state index in [-0.39, 0.29) is 16.9 Å². The highest BCUT2D eigenvalue weighted by Gasteiger charge is 2.43. The Morgan fingerprint density at radius 3 is 2.53 bits per heavy atom. The molecule has 0 bridgehead atoms. The lowest BCUT2D eigenvalue weighted by molar-refractivity contribution is -0.122. The molecule has 0 radical (unpaired) electrons. The first-order chi connectivity index (χ1) is 7.69. The van der Waals surface area contributed by atoms with E-state index in [1.165, 1.54) is 0 Å². The third-order valence-electron chi connectivity index (χ3n) is 4.16. The van der Waals surface area contributed by atoms with Gasteiger partial charge in [0.2, 0.25) is 5.91 Å². The van der Waals surface area contributed by atoms with Crippen molar-refractivity contribution in [3.63, 3.8) is 0 Å². The molecule has 3 N–H and O–H groups in total. The van der Waals surface area contributed by atoms with Crippen molar-refractivity contribution >= 4 is 14.2 Å². The lowest BCUT2D eigenvalue weighted by atomic mass is 10.2. The Morgan fingerprint density at radius 2 is 2.06 bits per heavy atom. The van der Waals surface area contributed by atoms with Gasteiger partial charge in [0.25, 0.3) is 0 Å². The van der Waals surface area contributed by atoms with Crippen molar-refractivity contribution in [2.75, 3.05) is 6.61 Å². The van der Waals surface area contributed by atoms with Crippen LogP contribution in [0.5, 0.6) is 0 Å². The van der Waals surface area contributed by atoms with Gasteiger partial charge in [0.1, 0.15) is 0 Å². The van der Waals surface area contributed by atoms with Crippen LogP contribution in [0.15, 0.2) is 0 Å². The average Bonchev–Trinajstić information content (AvgIpc) is 2.94. The van der Waals surface area contributed by atoms with E-state index in [0.29, 0.717) is 5.92 Å². The second-order valence-corrected chi connectivity index (χ2v) is 11.3. The lowest BCUT2D eigenvalue weighted by Crippen LogP contribution is -2.41. The normalized spacial score (nSPS) is 24.6. The van der Waals surface area contributed by atoms with E-state index in [4.69, 9.17) is 10.3 Å². The van der Waals surface area contributed by atoms with E-state index in [1.807, 2.05) is 0 Å². The third-order valence-corrected chi connectivity index (χ3v) is 8.70. The molecule has 17 heavy (non-hydrogen) atoms. The van der Waals surface area contributed by atoms with Gasteiger partial charge in [-0.1, -0.05) is 20.8 Å². The topological polar surface area (TPSA) is 64.3 Å². The minimum Gasteiger partial charge on any atom is -0.417 e. The van der Waals surface area contributed by atoms with Crippen LogP contribution in [-0.2, 0) is 9.22 Å². The molecule has 1 rings (SSSR count). The van der Waals surface area contributed by atoms with Crippen molar-refractivity contribution in [2.45, 2.75) is 51.7 Å². The van der Waals surface area contributed by atoms with E-state index in [2.05, 4.69) is 39.3 Å². The van der Waals surface area contributed by atoms with Gasteiger partial charge in [-0.2, -0.15) is 0 Å². The van der Waals surface area contributed by atoms with Gasteiger partial charge in [0, 0.05) is 12.5 Å². The summed E-state index contributed by atoms with van der Waals surface area (Å²) in [4.78, 5) is 11.2. The molecule has 0 unspecified atom stereocenters. The molecule has 2 atom stereocenters. The summed E-state index contributed by atoms with van der Waals surface area (Å²) in [5, 5.41) is 0.255. The summed E-state index contributed by atoms with van der Waals surface area (Å²) in [6.45, 7) is 12.0. The molecule has 1 amide bonds. The molecule has 0 aromatic carbocycles. The molecule has 0 aliphatic heterocycles. The second-order valence-electron chi connectivity index (χ2n) is 6.51. The highest BCUT2D eigenvalue weighted by Crippen LogP contribution is 2.42. The summed E-state index contributed by atoms with van der Waals surface area (Å²) in [7, 11) is -1.63. The summed E-state index contributed by atoms with van der Waals surface area (Å²) < 4.78 is 6.08. The quantitative estimate of drug-likeness (QED) is 0.343. The number of nitrogens with one attached hydrogen (secondary N) is 1. The first-order valence-electron chi connectivity index (χ1n) is 6.33. The van der Waals surface area contributed by atoms with Crippen LogP contribution in [0.25, 0.3) is 0 Å².